The van der Waals surface area contributed by atoms with Crippen molar-refractivity contribution in [2.75, 3.05) is 11.1 Å². The van der Waals surface area contributed by atoms with Crippen LogP contribution in [0.5, 0.6) is 0 Å². The Hall–Kier alpha value is -3.29. The number of aromatic amines is 1. The summed E-state index contributed by atoms with van der Waals surface area (Å²) in [5.41, 5.74) is 4.87. The van der Waals surface area contributed by atoms with Crippen LogP contribution in [-0.4, -0.2) is 49.2 Å². The molecule has 3 unspecified atom stereocenters. The Morgan fingerprint density at radius 2 is 1.82 bits per heavy atom. The number of aliphatic hydroxyl groups excluding tert-OH is 1. The van der Waals surface area contributed by atoms with Gasteiger partial charge in [0, 0.05) is 36.3 Å². The number of rotatable bonds is 13. The number of amides is 2. The Bertz CT molecular complexity index is 1190. The molecule has 5 N–H and O–H groups in total. The van der Waals surface area contributed by atoms with Crippen molar-refractivity contribution < 1.29 is 29.4 Å². The van der Waals surface area contributed by atoms with Crippen molar-refractivity contribution in [3.05, 3.63) is 71.5 Å². The van der Waals surface area contributed by atoms with E-state index in [2.05, 4.69) is 20.5 Å². The molecule has 12 heteroatoms. The second-order valence-corrected chi connectivity index (χ2v) is 10.2. The van der Waals surface area contributed by atoms with E-state index in [1.54, 1.807) is 5.48 Å². The lowest BCUT2D eigenvalue weighted by Crippen LogP contribution is -2.31. The summed E-state index contributed by atoms with van der Waals surface area (Å²) in [6, 6.07) is 15.1. The number of unbranched alkanes of at least 4 members (excludes halogenated alkanes) is 2. The van der Waals surface area contributed by atoms with E-state index in [0.29, 0.717) is 48.7 Å². The number of nitrogens with one attached hydrogen (secondary N) is 3. The van der Waals surface area contributed by atoms with Crippen LogP contribution in [0.4, 0.5) is 5.69 Å². The lowest BCUT2D eigenvalue weighted by molar-refractivity contribution is -0.245. The first-order valence-electron chi connectivity index (χ1n) is 12.9. The Balaban J connectivity index is 1.39. The topological polar surface area (TPSA) is 159 Å². The third-order valence-corrected chi connectivity index (χ3v) is 7.30. The molecule has 208 valence electrons. The maximum atomic E-state index is 12.5. The van der Waals surface area contributed by atoms with Gasteiger partial charge in [0.1, 0.15) is 6.33 Å². The third-order valence-electron chi connectivity index (χ3n) is 6.29. The van der Waals surface area contributed by atoms with Gasteiger partial charge in [0.25, 0.3) is 0 Å². The molecule has 1 saturated heterocycles. The van der Waals surface area contributed by atoms with Crippen molar-refractivity contribution in [3.63, 3.8) is 0 Å². The average Bonchev–Trinajstić information content (AvgIpc) is 3.49. The first-order valence-corrected chi connectivity index (χ1v) is 13.8. The van der Waals surface area contributed by atoms with Crippen LogP contribution in [0.15, 0.2) is 60.0 Å². The van der Waals surface area contributed by atoms with Gasteiger partial charge in [0.15, 0.2) is 11.4 Å². The molecule has 2 aromatic carbocycles. The second kappa shape index (κ2) is 14.8. The van der Waals surface area contributed by atoms with Crippen LogP contribution >= 0.6 is 11.8 Å². The normalized spacial score (nSPS) is 19.0. The van der Waals surface area contributed by atoms with E-state index in [4.69, 9.17) is 14.7 Å². The van der Waals surface area contributed by atoms with Gasteiger partial charge in [0.2, 0.25) is 11.8 Å². The minimum Gasteiger partial charge on any atom is -0.392 e. The van der Waals surface area contributed by atoms with Crippen molar-refractivity contribution in [1.82, 2.24) is 20.7 Å². The van der Waals surface area contributed by atoms with Gasteiger partial charge in [-0.3, -0.25) is 19.9 Å². The summed E-state index contributed by atoms with van der Waals surface area (Å²) >= 11 is 1.53. The predicted octanol–water partition coefficient (Wildman–Crippen LogP) is 4.03. The summed E-state index contributed by atoms with van der Waals surface area (Å²) in [6.45, 7) is -0.0205. The van der Waals surface area contributed by atoms with Gasteiger partial charge in [-0.2, -0.15) is 5.10 Å². The molecular formula is C27H33N5O6S. The van der Waals surface area contributed by atoms with Crippen LogP contribution in [0.25, 0.3) is 0 Å². The van der Waals surface area contributed by atoms with Crippen molar-refractivity contribution in [2.45, 2.75) is 68.8 Å². The molecule has 3 atom stereocenters. The van der Waals surface area contributed by atoms with Gasteiger partial charge in [-0.15, -0.1) is 0 Å². The fourth-order valence-corrected chi connectivity index (χ4v) is 5.05. The summed E-state index contributed by atoms with van der Waals surface area (Å²) in [4.78, 5) is 27.7. The number of aliphatic hydroxyl groups is 1. The van der Waals surface area contributed by atoms with Crippen LogP contribution in [-0.2, 0) is 25.7 Å². The highest BCUT2D eigenvalue weighted by molar-refractivity contribution is 7.99. The number of ether oxygens (including phenoxy) is 2. The molecule has 1 aliphatic rings. The molecular weight excluding hydrogens is 522 g/mol. The Morgan fingerprint density at radius 1 is 1.03 bits per heavy atom. The summed E-state index contributed by atoms with van der Waals surface area (Å²) < 4.78 is 12.7. The van der Waals surface area contributed by atoms with E-state index in [1.165, 1.54) is 18.1 Å². The molecule has 39 heavy (non-hydrogen) atoms. The molecule has 1 aliphatic heterocycles. The number of hydrogen-bond acceptors (Lipinski definition) is 9. The molecule has 1 aromatic heterocycles. The molecule has 2 heterocycles. The van der Waals surface area contributed by atoms with E-state index in [1.807, 2.05) is 48.5 Å². The number of benzene rings is 2. The summed E-state index contributed by atoms with van der Waals surface area (Å²) in [5.74, 6) is 0.107. The minimum absolute atomic E-state index is 0.0205. The monoisotopic (exact) mass is 555 g/mol. The van der Waals surface area contributed by atoms with E-state index in [9.17, 15) is 14.7 Å². The zero-order valence-electron chi connectivity index (χ0n) is 21.4. The van der Waals surface area contributed by atoms with Gasteiger partial charge >= 0.3 is 0 Å². The number of nitrogens with zero attached hydrogens (tertiary/aromatic N) is 2. The molecule has 0 radical (unpaired) electrons. The molecule has 2 amide bonds. The zero-order valence-corrected chi connectivity index (χ0v) is 22.2. The standard InChI is InChI=1S/C27H33N5O6S/c33-15-18-9-11-19(12-10-18)23-14-22(16-39-27-28-17-29-31-27)37-26(38-23)20-5-4-6-21(13-20)30-24(34)7-2-1-3-8-25(35)32-36/h4-6,9-13,17,22-23,26,33,36H,1-3,7-8,14-16H2,(H,30,34)(H,32,35)(H,28,29,31). The second-order valence-electron chi connectivity index (χ2n) is 9.22. The van der Waals surface area contributed by atoms with Crippen LogP contribution in [0.2, 0.25) is 0 Å². The molecule has 0 spiro atoms. The first-order chi connectivity index (χ1) is 19.0. The van der Waals surface area contributed by atoms with Crippen LogP contribution in [0, 0.1) is 0 Å². The van der Waals surface area contributed by atoms with Gasteiger partial charge in [-0.25, -0.2) is 10.5 Å². The van der Waals surface area contributed by atoms with E-state index in [0.717, 1.165) is 16.7 Å². The number of H-pyrrole nitrogens is 1. The molecule has 0 saturated carbocycles. The van der Waals surface area contributed by atoms with E-state index in [-0.39, 0.29) is 31.1 Å². The zero-order chi connectivity index (χ0) is 27.5. The summed E-state index contributed by atoms with van der Waals surface area (Å²) in [7, 11) is 0. The lowest BCUT2D eigenvalue weighted by atomic mass is 10.0. The Kier molecular flexibility index (Phi) is 10.9. The van der Waals surface area contributed by atoms with E-state index < -0.39 is 12.2 Å². The predicted molar refractivity (Wildman–Crippen MR) is 144 cm³/mol. The molecule has 0 bridgehead atoms. The number of hydroxylamine groups is 1. The number of anilines is 1. The van der Waals surface area contributed by atoms with Crippen molar-refractivity contribution in [2.24, 2.45) is 0 Å². The maximum absolute atomic E-state index is 12.5. The maximum Gasteiger partial charge on any atom is 0.243 e. The van der Waals surface area contributed by atoms with Crippen LogP contribution in [0.3, 0.4) is 0 Å². The summed E-state index contributed by atoms with van der Waals surface area (Å²) in [6.07, 6.45) is 3.63. The molecule has 3 aromatic rings. The van der Waals surface area contributed by atoms with Crippen LogP contribution in [0.1, 0.15) is 67.6 Å². The lowest BCUT2D eigenvalue weighted by Gasteiger charge is -2.36. The number of aromatic nitrogens is 3. The molecule has 4 rings (SSSR count). The quantitative estimate of drug-likeness (QED) is 0.0908. The highest BCUT2D eigenvalue weighted by Crippen LogP contribution is 2.39. The van der Waals surface area contributed by atoms with Gasteiger partial charge in [-0.1, -0.05) is 54.6 Å². The minimum atomic E-state index is -0.642. The van der Waals surface area contributed by atoms with Crippen molar-refractivity contribution in [1.29, 1.82) is 0 Å². The van der Waals surface area contributed by atoms with E-state index >= 15 is 0 Å². The third kappa shape index (κ3) is 8.87. The SMILES string of the molecule is O=C(CCCCCC(=O)Nc1cccc(C2OC(CSc3ncn[nH]3)CC(c3ccc(CO)cc3)O2)c1)NO. The molecule has 1 fully saturated rings. The molecule has 0 aliphatic carbocycles. The van der Waals surface area contributed by atoms with Crippen molar-refractivity contribution in [3.8, 4) is 0 Å². The van der Waals surface area contributed by atoms with Crippen molar-refractivity contribution >= 4 is 29.3 Å². The largest absolute Gasteiger partial charge is 0.392 e. The number of carbonyl (C=O) groups is 2. The number of carbonyl (C=O) groups excluding carboxylic acids is 2. The highest BCUT2D eigenvalue weighted by Gasteiger charge is 2.32. The number of hydrogen-bond donors (Lipinski definition) is 5. The van der Waals surface area contributed by atoms with Gasteiger partial charge in [-0.05, 0) is 36.1 Å². The fraction of sp³-hybridized carbons (Fsp3) is 0.407. The molecule has 11 nitrogen and oxygen atoms in total. The fourth-order valence-electron chi connectivity index (χ4n) is 4.25. The van der Waals surface area contributed by atoms with Gasteiger partial charge in [0.05, 0.1) is 18.8 Å². The van der Waals surface area contributed by atoms with Gasteiger partial charge < -0.3 is 19.9 Å². The number of thioether (sulfide) groups is 1. The smallest absolute Gasteiger partial charge is 0.243 e. The highest BCUT2D eigenvalue weighted by atomic mass is 32.2. The summed E-state index contributed by atoms with van der Waals surface area (Å²) in [5, 5.41) is 28.3. The van der Waals surface area contributed by atoms with Crippen LogP contribution < -0.4 is 10.8 Å². The Morgan fingerprint density at radius 3 is 2.54 bits per heavy atom. The Labute approximate surface area is 230 Å². The average molecular weight is 556 g/mol. The first kappa shape index (κ1) is 28.7.